The molecule has 5 rings (SSSR count). The Morgan fingerprint density at radius 2 is 1.89 bits per heavy atom. The van der Waals surface area contributed by atoms with Gasteiger partial charge in [-0.05, 0) is 48.8 Å². The number of amides is 1. The molecule has 1 aliphatic carbocycles. The molecule has 0 radical (unpaired) electrons. The zero-order valence-corrected chi connectivity index (χ0v) is 15.3. The molecule has 1 saturated carbocycles. The van der Waals surface area contributed by atoms with Crippen LogP contribution in [0.3, 0.4) is 0 Å². The van der Waals surface area contributed by atoms with Crippen LogP contribution >= 0.6 is 0 Å². The summed E-state index contributed by atoms with van der Waals surface area (Å²) in [7, 11) is 0. The van der Waals surface area contributed by atoms with Crippen molar-refractivity contribution in [2.75, 3.05) is 13.1 Å². The van der Waals surface area contributed by atoms with E-state index in [9.17, 15) is 9.18 Å². The van der Waals surface area contributed by atoms with Gasteiger partial charge in [0.1, 0.15) is 11.6 Å². The lowest BCUT2D eigenvalue weighted by Gasteiger charge is -2.28. The van der Waals surface area contributed by atoms with Crippen molar-refractivity contribution < 1.29 is 9.18 Å². The molecule has 1 aromatic heterocycles. The Bertz CT molecular complexity index is 845. The highest BCUT2D eigenvalue weighted by Crippen LogP contribution is 2.33. The molecule has 2 aliphatic heterocycles. The Hall–Kier alpha value is -2.28. The third-order valence-electron chi connectivity index (χ3n) is 6.30. The highest BCUT2D eigenvalue weighted by atomic mass is 19.1. The van der Waals surface area contributed by atoms with E-state index in [1.165, 1.54) is 18.6 Å². The van der Waals surface area contributed by atoms with E-state index in [2.05, 4.69) is 20.4 Å². The molecule has 1 N–H and O–H groups in total. The first-order chi connectivity index (χ1) is 13.2. The maximum Gasteiger partial charge on any atom is 0.289 e. The standard InChI is InChI=1S/C20H24FN5O/c21-16-6-4-13(5-7-16)9-25-10-14-8-18-23-24-19(26(18)12-15(14)11-25)20(27)22-17-2-1-3-17/h4-7,14-15,17H,1-3,8-12H2,(H,22,27)/t14-,15+/m0/s1. The number of aromatic nitrogens is 3. The van der Waals surface area contributed by atoms with Gasteiger partial charge in [-0.15, -0.1) is 10.2 Å². The van der Waals surface area contributed by atoms with E-state index in [-0.39, 0.29) is 11.7 Å². The summed E-state index contributed by atoms with van der Waals surface area (Å²) in [5.74, 6) is 2.16. The van der Waals surface area contributed by atoms with E-state index in [0.717, 1.165) is 56.8 Å². The molecular weight excluding hydrogens is 345 g/mol. The van der Waals surface area contributed by atoms with E-state index >= 15 is 0 Å². The zero-order valence-electron chi connectivity index (χ0n) is 15.3. The molecule has 1 saturated heterocycles. The third-order valence-corrected chi connectivity index (χ3v) is 6.30. The maximum atomic E-state index is 13.1. The van der Waals surface area contributed by atoms with Gasteiger partial charge < -0.3 is 9.88 Å². The molecule has 2 aromatic rings. The van der Waals surface area contributed by atoms with Crippen molar-refractivity contribution in [2.45, 2.75) is 44.8 Å². The van der Waals surface area contributed by atoms with Crippen LogP contribution in [0.2, 0.25) is 0 Å². The smallest absolute Gasteiger partial charge is 0.289 e. The lowest BCUT2D eigenvalue weighted by atomic mass is 9.89. The van der Waals surface area contributed by atoms with Crippen molar-refractivity contribution >= 4 is 5.91 Å². The first-order valence-corrected chi connectivity index (χ1v) is 9.85. The van der Waals surface area contributed by atoms with E-state index in [1.807, 2.05) is 16.7 Å². The van der Waals surface area contributed by atoms with Crippen LogP contribution in [0.15, 0.2) is 24.3 Å². The Morgan fingerprint density at radius 1 is 1.11 bits per heavy atom. The summed E-state index contributed by atoms with van der Waals surface area (Å²) >= 11 is 0. The van der Waals surface area contributed by atoms with E-state index < -0.39 is 0 Å². The first kappa shape index (κ1) is 16.9. The van der Waals surface area contributed by atoms with E-state index in [4.69, 9.17) is 0 Å². The Balaban J connectivity index is 1.26. The summed E-state index contributed by atoms with van der Waals surface area (Å²) in [6.07, 6.45) is 4.19. The van der Waals surface area contributed by atoms with Gasteiger partial charge in [0.2, 0.25) is 5.82 Å². The Kier molecular flexibility index (Phi) is 4.19. The second kappa shape index (κ2) is 6.71. The molecule has 0 unspecified atom stereocenters. The molecule has 0 spiro atoms. The fourth-order valence-corrected chi connectivity index (χ4v) is 4.57. The van der Waals surface area contributed by atoms with Crippen LogP contribution in [-0.4, -0.2) is 44.7 Å². The molecule has 2 atom stereocenters. The van der Waals surface area contributed by atoms with E-state index in [1.54, 1.807) is 0 Å². The number of nitrogens with one attached hydrogen (secondary N) is 1. The van der Waals surface area contributed by atoms with Gasteiger partial charge >= 0.3 is 0 Å². The molecule has 1 aromatic carbocycles. The van der Waals surface area contributed by atoms with Gasteiger partial charge in [0.05, 0.1) is 0 Å². The normalized spacial score (nSPS) is 24.9. The molecule has 7 heteroatoms. The topological polar surface area (TPSA) is 63.1 Å². The van der Waals surface area contributed by atoms with Crippen LogP contribution in [0, 0.1) is 17.7 Å². The number of likely N-dealkylation sites (tertiary alicyclic amines) is 1. The molecular formula is C20H24FN5O. The predicted octanol–water partition coefficient (Wildman–Crippen LogP) is 2.00. The highest BCUT2D eigenvalue weighted by molar-refractivity contribution is 5.91. The van der Waals surface area contributed by atoms with Crippen LogP contribution in [0.4, 0.5) is 4.39 Å². The lowest BCUT2D eigenvalue weighted by molar-refractivity contribution is 0.0898. The number of nitrogens with zero attached hydrogens (tertiary/aromatic N) is 4. The number of fused-ring (bicyclic) bond motifs is 2. The second-order valence-corrected chi connectivity index (χ2v) is 8.20. The van der Waals surface area contributed by atoms with Gasteiger partial charge in [-0.1, -0.05) is 12.1 Å². The number of halogens is 1. The molecule has 27 heavy (non-hydrogen) atoms. The van der Waals surface area contributed by atoms with Gasteiger partial charge in [0.15, 0.2) is 0 Å². The molecule has 0 bridgehead atoms. The Labute approximate surface area is 157 Å². The summed E-state index contributed by atoms with van der Waals surface area (Å²) in [6.45, 7) is 3.64. The lowest BCUT2D eigenvalue weighted by Crippen LogP contribution is -2.41. The van der Waals surface area contributed by atoms with Crippen molar-refractivity contribution in [2.24, 2.45) is 11.8 Å². The molecule has 2 fully saturated rings. The summed E-state index contributed by atoms with van der Waals surface area (Å²) in [5.41, 5.74) is 1.13. The number of hydrogen-bond acceptors (Lipinski definition) is 4. The van der Waals surface area contributed by atoms with Crippen molar-refractivity contribution in [1.29, 1.82) is 0 Å². The molecule has 3 heterocycles. The van der Waals surface area contributed by atoms with E-state index in [0.29, 0.717) is 23.7 Å². The van der Waals surface area contributed by atoms with Crippen molar-refractivity contribution in [1.82, 2.24) is 25.0 Å². The largest absolute Gasteiger partial charge is 0.347 e. The fourth-order valence-electron chi connectivity index (χ4n) is 4.57. The quantitative estimate of drug-likeness (QED) is 0.896. The van der Waals surface area contributed by atoms with Crippen molar-refractivity contribution in [3.05, 3.63) is 47.3 Å². The monoisotopic (exact) mass is 369 g/mol. The average Bonchev–Trinajstić information content (AvgIpc) is 3.20. The second-order valence-electron chi connectivity index (χ2n) is 8.20. The number of carbonyl (C=O) groups is 1. The van der Waals surface area contributed by atoms with Gasteiger partial charge in [-0.2, -0.15) is 0 Å². The number of hydrogen-bond donors (Lipinski definition) is 1. The predicted molar refractivity (Wildman–Crippen MR) is 97.5 cm³/mol. The van der Waals surface area contributed by atoms with Crippen LogP contribution in [-0.2, 0) is 19.5 Å². The highest BCUT2D eigenvalue weighted by Gasteiger charge is 2.39. The number of carbonyl (C=O) groups excluding carboxylic acids is 1. The summed E-state index contributed by atoms with van der Waals surface area (Å²) in [5, 5.41) is 11.6. The summed E-state index contributed by atoms with van der Waals surface area (Å²) in [6, 6.07) is 7.06. The Morgan fingerprint density at radius 3 is 2.63 bits per heavy atom. The van der Waals surface area contributed by atoms with Crippen molar-refractivity contribution in [3.8, 4) is 0 Å². The van der Waals surface area contributed by atoms with Gasteiger partial charge in [-0.25, -0.2) is 4.39 Å². The molecule has 3 aliphatic rings. The van der Waals surface area contributed by atoms with Crippen LogP contribution in [0.5, 0.6) is 0 Å². The van der Waals surface area contributed by atoms with Gasteiger partial charge in [0, 0.05) is 38.6 Å². The first-order valence-electron chi connectivity index (χ1n) is 9.85. The zero-order chi connectivity index (χ0) is 18.4. The number of benzene rings is 1. The van der Waals surface area contributed by atoms with Crippen molar-refractivity contribution in [3.63, 3.8) is 0 Å². The minimum Gasteiger partial charge on any atom is -0.347 e. The number of rotatable bonds is 4. The molecule has 1 amide bonds. The minimum absolute atomic E-state index is 0.0851. The average molecular weight is 369 g/mol. The van der Waals surface area contributed by atoms with Crippen LogP contribution in [0.1, 0.15) is 41.3 Å². The SMILES string of the molecule is O=C(NC1CCC1)c1nnc2n1C[C@H]1CN(Cc3ccc(F)cc3)C[C@@H]1C2. The van der Waals surface area contributed by atoms with Gasteiger partial charge in [-0.3, -0.25) is 9.69 Å². The minimum atomic E-state index is -0.195. The third kappa shape index (κ3) is 3.25. The van der Waals surface area contributed by atoms with Gasteiger partial charge in [0.25, 0.3) is 5.91 Å². The molecule has 6 nitrogen and oxygen atoms in total. The summed E-state index contributed by atoms with van der Waals surface area (Å²) in [4.78, 5) is 15.0. The van der Waals surface area contributed by atoms with Crippen LogP contribution in [0.25, 0.3) is 0 Å². The maximum absolute atomic E-state index is 13.1. The van der Waals surface area contributed by atoms with Crippen LogP contribution < -0.4 is 5.32 Å². The summed E-state index contributed by atoms with van der Waals surface area (Å²) < 4.78 is 15.1. The fraction of sp³-hybridized carbons (Fsp3) is 0.550. The molecule has 142 valence electrons.